The molecule has 1 nitrogen and oxygen atoms in total. The zero-order chi connectivity index (χ0) is 7.56. The first-order valence-corrected chi connectivity index (χ1v) is 4.74. The summed E-state index contributed by atoms with van der Waals surface area (Å²) in [4.78, 5) is 13.8. The molecular formula is C7H7BrOS. The molecule has 1 rings (SSSR count). The van der Waals surface area contributed by atoms with Gasteiger partial charge >= 0.3 is 0 Å². The van der Waals surface area contributed by atoms with E-state index in [2.05, 4.69) is 15.9 Å². The Labute approximate surface area is 72.7 Å². The van der Waals surface area contributed by atoms with Gasteiger partial charge in [-0.3, -0.25) is 4.79 Å². The van der Waals surface area contributed by atoms with Crippen LogP contribution in [0.1, 0.15) is 13.3 Å². The second-order valence-corrected chi connectivity index (χ2v) is 3.43. The molecule has 0 amide bonds. The molecular weight excluding hydrogens is 212 g/mol. The molecule has 1 aliphatic rings. The maximum absolute atomic E-state index is 11.0. The maximum Gasteiger partial charge on any atom is 0.220 e. The SMILES string of the molecule is CCC1=CC(=CBr)SC1=O. The zero-order valence-electron chi connectivity index (χ0n) is 5.56. The summed E-state index contributed by atoms with van der Waals surface area (Å²) in [6.07, 6.45) is 2.75. The molecule has 0 bridgehead atoms. The summed E-state index contributed by atoms with van der Waals surface area (Å²) in [5, 5.41) is 0.188. The number of rotatable bonds is 1. The monoisotopic (exact) mass is 218 g/mol. The van der Waals surface area contributed by atoms with Crippen molar-refractivity contribution in [3.63, 3.8) is 0 Å². The lowest BCUT2D eigenvalue weighted by Gasteiger charge is -1.87. The number of thioether (sulfide) groups is 1. The third-order valence-electron chi connectivity index (χ3n) is 1.28. The van der Waals surface area contributed by atoms with Gasteiger partial charge in [0, 0.05) is 10.5 Å². The Balaban J connectivity index is 2.82. The van der Waals surface area contributed by atoms with Gasteiger partial charge in [-0.25, -0.2) is 0 Å². The molecule has 1 aliphatic heterocycles. The number of hydrogen-bond acceptors (Lipinski definition) is 2. The molecule has 0 N–H and O–H groups in total. The highest BCUT2D eigenvalue weighted by atomic mass is 79.9. The van der Waals surface area contributed by atoms with Gasteiger partial charge in [-0.15, -0.1) is 0 Å². The van der Waals surface area contributed by atoms with E-state index in [0.717, 1.165) is 16.9 Å². The molecule has 0 aromatic carbocycles. The zero-order valence-corrected chi connectivity index (χ0v) is 7.96. The highest BCUT2D eigenvalue weighted by molar-refractivity contribution is 9.11. The first kappa shape index (κ1) is 8.08. The van der Waals surface area contributed by atoms with E-state index in [-0.39, 0.29) is 5.12 Å². The van der Waals surface area contributed by atoms with E-state index in [1.165, 1.54) is 11.8 Å². The van der Waals surface area contributed by atoms with E-state index in [1.54, 1.807) is 4.99 Å². The predicted molar refractivity (Wildman–Crippen MR) is 48.0 cm³/mol. The van der Waals surface area contributed by atoms with Crippen LogP contribution in [0.2, 0.25) is 0 Å². The van der Waals surface area contributed by atoms with Crippen LogP contribution in [-0.2, 0) is 4.79 Å². The summed E-state index contributed by atoms with van der Waals surface area (Å²) in [5.74, 6) is 0. The summed E-state index contributed by atoms with van der Waals surface area (Å²) in [6.45, 7) is 1.99. The molecule has 0 unspecified atom stereocenters. The van der Waals surface area contributed by atoms with Crippen molar-refractivity contribution in [2.24, 2.45) is 0 Å². The van der Waals surface area contributed by atoms with Crippen LogP contribution in [0.4, 0.5) is 0 Å². The topological polar surface area (TPSA) is 17.1 Å². The second kappa shape index (κ2) is 3.39. The fourth-order valence-corrected chi connectivity index (χ4v) is 1.94. The lowest BCUT2D eigenvalue weighted by Crippen LogP contribution is -1.87. The predicted octanol–water partition coefficient (Wildman–Crippen LogP) is 2.83. The van der Waals surface area contributed by atoms with E-state index in [1.807, 2.05) is 13.0 Å². The molecule has 0 aromatic heterocycles. The Morgan fingerprint density at radius 1 is 1.80 bits per heavy atom. The van der Waals surface area contributed by atoms with Crippen molar-refractivity contribution in [2.75, 3.05) is 0 Å². The third kappa shape index (κ3) is 1.52. The molecule has 0 saturated heterocycles. The number of allylic oxidation sites excluding steroid dienone is 1. The van der Waals surface area contributed by atoms with Crippen LogP contribution in [0.25, 0.3) is 0 Å². The summed E-state index contributed by atoms with van der Waals surface area (Å²) >= 11 is 4.46. The number of carbonyl (C=O) groups excluding carboxylic acids is 1. The van der Waals surface area contributed by atoms with E-state index in [9.17, 15) is 4.79 Å². The van der Waals surface area contributed by atoms with Crippen LogP contribution >= 0.6 is 27.7 Å². The van der Waals surface area contributed by atoms with Crippen LogP contribution in [0, 0.1) is 0 Å². The standard InChI is InChI=1S/C7H7BrOS/c1-2-5-3-6(4-8)10-7(5)9/h3-4H,2H2,1H3. The molecule has 0 fully saturated rings. The molecule has 0 saturated carbocycles. The fraction of sp³-hybridized carbons (Fsp3) is 0.286. The van der Waals surface area contributed by atoms with Crippen molar-refractivity contribution in [1.29, 1.82) is 0 Å². The number of carbonyl (C=O) groups is 1. The minimum atomic E-state index is 0.188. The minimum Gasteiger partial charge on any atom is -0.282 e. The molecule has 0 aliphatic carbocycles. The highest BCUT2D eigenvalue weighted by Crippen LogP contribution is 2.32. The summed E-state index contributed by atoms with van der Waals surface area (Å²) in [6, 6.07) is 0. The van der Waals surface area contributed by atoms with Crippen molar-refractivity contribution >= 4 is 32.8 Å². The molecule has 0 atom stereocenters. The van der Waals surface area contributed by atoms with Gasteiger partial charge in [0.25, 0.3) is 0 Å². The van der Waals surface area contributed by atoms with Gasteiger partial charge in [0.05, 0.1) is 0 Å². The Hall–Kier alpha value is -0.0200. The van der Waals surface area contributed by atoms with E-state index in [0.29, 0.717) is 0 Å². The largest absolute Gasteiger partial charge is 0.282 e. The summed E-state index contributed by atoms with van der Waals surface area (Å²) in [7, 11) is 0. The van der Waals surface area contributed by atoms with Crippen molar-refractivity contribution < 1.29 is 4.79 Å². The van der Waals surface area contributed by atoms with Gasteiger partial charge in [0.2, 0.25) is 5.12 Å². The molecule has 0 spiro atoms. The highest BCUT2D eigenvalue weighted by Gasteiger charge is 2.17. The minimum absolute atomic E-state index is 0.188. The number of halogens is 1. The van der Waals surface area contributed by atoms with E-state index < -0.39 is 0 Å². The van der Waals surface area contributed by atoms with E-state index in [4.69, 9.17) is 0 Å². The smallest absolute Gasteiger partial charge is 0.220 e. The Morgan fingerprint density at radius 2 is 2.50 bits per heavy atom. The van der Waals surface area contributed by atoms with Gasteiger partial charge < -0.3 is 0 Å². The first-order chi connectivity index (χ1) is 4.77. The van der Waals surface area contributed by atoms with Crippen LogP contribution in [0.3, 0.4) is 0 Å². The van der Waals surface area contributed by atoms with Crippen LogP contribution in [-0.4, -0.2) is 5.12 Å². The Kier molecular flexibility index (Phi) is 2.74. The van der Waals surface area contributed by atoms with Crippen molar-refractivity contribution in [3.05, 3.63) is 21.5 Å². The molecule has 1 heterocycles. The molecule has 10 heavy (non-hydrogen) atoms. The van der Waals surface area contributed by atoms with Gasteiger partial charge in [-0.05, 0) is 29.2 Å². The first-order valence-electron chi connectivity index (χ1n) is 3.01. The van der Waals surface area contributed by atoms with E-state index >= 15 is 0 Å². The van der Waals surface area contributed by atoms with Gasteiger partial charge in [-0.2, -0.15) is 0 Å². The molecule has 0 aromatic rings. The van der Waals surface area contributed by atoms with Crippen molar-refractivity contribution in [1.82, 2.24) is 0 Å². The maximum atomic E-state index is 11.0. The lowest BCUT2D eigenvalue weighted by molar-refractivity contribution is -0.107. The van der Waals surface area contributed by atoms with Crippen LogP contribution < -0.4 is 0 Å². The van der Waals surface area contributed by atoms with Gasteiger partial charge in [0.1, 0.15) is 0 Å². The average Bonchev–Trinajstić information content (AvgIpc) is 2.30. The number of hydrogen-bond donors (Lipinski definition) is 0. The second-order valence-electron chi connectivity index (χ2n) is 1.92. The quantitative estimate of drug-likeness (QED) is 0.674. The van der Waals surface area contributed by atoms with Gasteiger partial charge in [0.15, 0.2) is 0 Å². The van der Waals surface area contributed by atoms with Crippen molar-refractivity contribution in [3.8, 4) is 0 Å². The third-order valence-corrected chi connectivity index (χ3v) is 2.99. The Bertz CT molecular complexity index is 218. The summed E-state index contributed by atoms with van der Waals surface area (Å²) in [5.41, 5.74) is 0.913. The van der Waals surface area contributed by atoms with Gasteiger partial charge in [-0.1, -0.05) is 22.9 Å². The molecule has 54 valence electrons. The average molecular weight is 219 g/mol. The molecule has 3 heteroatoms. The fourth-order valence-electron chi connectivity index (χ4n) is 0.733. The summed E-state index contributed by atoms with van der Waals surface area (Å²) < 4.78 is 0. The van der Waals surface area contributed by atoms with Crippen LogP contribution in [0.5, 0.6) is 0 Å². The van der Waals surface area contributed by atoms with Crippen LogP contribution in [0.15, 0.2) is 21.5 Å². The lowest BCUT2D eigenvalue weighted by atomic mass is 10.2. The Morgan fingerprint density at radius 3 is 2.80 bits per heavy atom. The van der Waals surface area contributed by atoms with Crippen molar-refractivity contribution in [2.45, 2.75) is 13.3 Å². The molecule has 0 radical (unpaired) electrons. The normalized spacial score (nSPS) is 22.0.